The molecule has 1 aliphatic rings. The predicted molar refractivity (Wildman–Crippen MR) is 118 cm³/mol. The normalized spacial score (nSPS) is 15.1. The van der Waals surface area contributed by atoms with Gasteiger partial charge < -0.3 is 9.47 Å². The lowest BCUT2D eigenvalue weighted by atomic mass is 10.1. The molecule has 0 atom stereocenters. The lowest BCUT2D eigenvalue weighted by molar-refractivity contribution is -0.384. The van der Waals surface area contributed by atoms with Gasteiger partial charge in [0.05, 0.1) is 28.7 Å². The van der Waals surface area contributed by atoms with Gasteiger partial charge >= 0.3 is 0 Å². The summed E-state index contributed by atoms with van der Waals surface area (Å²) in [5.74, 6) is 0.972. The summed E-state index contributed by atoms with van der Waals surface area (Å²) in [6.45, 7) is 4.80. The fourth-order valence-corrected chi connectivity index (χ4v) is 4.02. The van der Waals surface area contributed by atoms with Crippen LogP contribution in [-0.2, 0) is 4.79 Å². The van der Waals surface area contributed by atoms with E-state index in [-0.39, 0.29) is 11.6 Å². The molecule has 0 spiro atoms. The molecule has 3 rings (SSSR count). The van der Waals surface area contributed by atoms with Gasteiger partial charge in [-0.1, -0.05) is 30.0 Å². The summed E-state index contributed by atoms with van der Waals surface area (Å²) in [5, 5.41) is 10.8. The molecule has 0 saturated carbocycles. The number of non-ortho nitro benzene ring substituents is 1. The second-order valence-corrected chi connectivity index (χ2v) is 7.54. The number of hydrogen-bond acceptors (Lipinski definition) is 7. The smallest absolute Gasteiger partial charge is 0.270 e. The van der Waals surface area contributed by atoms with Gasteiger partial charge in [0.1, 0.15) is 0 Å². The second-order valence-electron chi connectivity index (χ2n) is 5.86. The summed E-state index contributed by atoms with van der Waals surface area (Å²) in [6.07, 6.45) is 1.74. The molecule has 0 aromatic heterocycles. The van der Waals surface area contributed by atoms with Crippen LogP contribution in [0.15, 0.2) is 47.4 Å². The van der Waals surface area contributed by atoms with Crippen LogP contribution in [0, 0.1) is 10.1 Å². The summed E-state index contributed by atoms with van der Waals surface area (Å²) < 4.78 is 11.6. The summed E-state index contributed by atoms with van der Waals surface area (Å²) in [4.78, 5) is 25.0. The number of thiocarbonyl (C=S) groups is 1. The zero-order chi connectivity index (χ0) is 21.0. The lowest BCUT2D eigenvalue weighted by Gasteiger charge is -2.14. The van der Waals surface area contributed by atoms with Crippen molar-refractivity contribution >= 4 is 51.7 Å². The molecule has 2 aromatic rings. The van der Waals surface area contributed by atoms with Crippen molar-refractivity contribution in [2.24, 2.45) is 0 Å². The standard InChI is InChI=1S/C20H18N2O5S2/c1-3-26-16-10-5-13(11-17(16)27-4-2)12-18-19(23)21(20(28)29-18)14-6-8-15(9-7-14)22(24)25/h5-12H,3-4H2,1-2H3/b18-12-. The number of ether oxygens (including phenoxy) is 2. The first-order chi connectivity index (χ1) is 13.9. The first-order valence-corrected chi connectivity index (χ1v) is 10.1. The molecule has 2 aromatic carbocycles. The molecule has 1 aliphatic heterocycles. The minimum absolute atomic E-state index is 0.0485. The Bertz CT molecular complexity index is 989. The molecule has 1 amide bonds. The Morgan fingerprint density at radius 3 is 2.38 bits per heavy atom. The Labute approximate surface area is 177 Å². The van der Waals surface area contributed by atoms with Gasteiger partial charge in [-0.2, -0.15) is 0 Å². The topological polar surface area (TPSA) is 81.9 Å². The van der Waals surface area contributed by atoms with Gasteiger partial charge in [0.15, 0.2) is 15.8 Å². The third-order valence-electron chi connectivity index (χ3n) is 3.98. The fraction of sp³-hybridized carbons (Fsp3) is 0.200. The van der Waals surface area contributed by atoms with Crippen molar-refractivity contribution in [3.63, 3.8) is 0 Å². The van der Waals surface area contributed by atoms with Crippen LogP contribution in [-0.4, -0.2) is 28.4 Å². The quantitative estimate of drug-likeness (QED) is 0.270. The number of nitro groups is 1. The van der Waals surface area contributed by atoms with Crippen LogP contribution >= 0.6 is 24.0 Å². The van der Waals surface area contributed by atoms with Crippen molar-refractivity contribution in [3.05, 3.63) is 63.0 Å². The largest absolute Gasteiger partial charge is 0.490 e. The van der Waals surface area contributed by atoms with Crippen LogP contribution in [0.2, 0.25) is 0 Å². The fourth-order valence-electron chi connectivity index (χ4n) is 2.72. The van der Waals surface area contributed by atoms with Gasteiger partial charge in [-0.3, -0.25) is 19.8 Å². The lowest BCUT2D eigenvalue weighted by Crippen LogP contribution is -2.27. The van der Waals surface area contributed by atoms with E-state index >= 15 is 0 Å². The number of thioether (sulfide) groups is 1. The third kappa shape index (κ3) is 4.57. The Morgan fingerprint density at radius 2 is 1.76 bits per heavy atom. The minimum Gasteiger partial charge on any atom is -0.490 e. The highest BCUT2D eigenvalue weighted by Crippen LogP contribution is 2.37. The SMILES string of the molecule is CCOc1ccc(/C=C2\SC(=S)N(c3ccc([N+](=O)[O-])cc3)C2=O)cc1OCC. The monoisotopic (exact) mass is 430 g/mol. The molecule has 0 N–H and O–H groups in total. The summed E-state index contributed by atoms with van der Waals surface area (Å²) in [6, 6.07) is 11.2. The maximum absolute atomic E-state index is 12.9. The van der Waals surface area contributed by atoms with Gasteiger partial charge in [0, 0.05) is 12.1 Å². The maximum atomic E-state index is 12.9. The molecular formula is C20H18N2O5S2. The van der Waals surface area contributed by atoms with E-state index in [0.717, 1.165) is 5.56 Å². The van der Waals surface area contributed by atoms with Gasteiger partial charge in [-0.05, 0) is 49.8 Å². The molecule has 0 bridgehead atoms. The molecule has 29 heavy (non-hydrogen) atoms. The van der Waals surface area contributed by atoms with Gasteiger partial charge in [0.25, 0.3) is 11.6 Å². The number of anilines is 1. The number of carbonyl (C=O) groups is 1. The Morgan fingerprint density at radius 1 is 1.10 bits per heavy atom. The third-order valence-corrected chi connectivity index (χ3v) is 5.28. The number of amides is 1. The van der Waals surface area contributed by atoms with Crippen molar-refractivity contribution in [3.8, 4) is 11.5 Å². The van der Waals surface area contributed by atoms with E-state index in [2.05, 4.69) is 0 Å². The maximum Gasteiger partial charge on any atom is 0.270 e. The van der Waals surface area contributed by atoms with Crippen molar-refractivity contribution in [2.45, 2.75) is 13.8 Å². The van der Waals surface area contributed by atoms with E-state index in [4.69, 9.17) is 21.7 Å². The Balaban J connectivity index is 1.87. The Hall–Kier alpha value is -2.91. The summed E-state index contributed by atoms with van der Waals surface area (Å²) in [5.41, 5.74) is 1.22. The van der Waals surface area contributed by atoms with E-state index in [9.17, 15) is 14.9 Å². The second kappa shape index (κ2) is 9.06. The van der Waals surface area contributed by atoms with Crippen LogP contribution < -0.4 is 14.4 Å². The molecule has 7 nitrogen and oxygen atoms in total. The van der Waals surface area contributed by atoms with E-state index in [1.807, 2.05) is 26.0 Å². The van der Waals surface area contributed by atoms with Crippen molar-refractivity contribution < 1.29 is 19.2 Å². The average Bonchev–Trinajstić information content (AvgIpc) is 2.97. The number of rotatable bonds is 7. The van der Waals surface area contributed by atoms with E-state index in [1.165, 1.54) is 40.9 Å². The molecule has 150 valence electrons. The molecule has 1 heterocycles. The highest BCUT2D eigenvalue weighted by molar-refractivity contribution is 8.27. The molecule has 1 saturated heterocycles. The molecule has 0 unspecified atom stereocenters. The number of nitrogens with zero attached hydrogens (tertiary/aromatic N) is 2. The Kier molecular flexibility index (Phi) is 6.50. The number of benzene rings is 2. The highest BCUT2D eigenvalue weighted by atomic mass is 32.2. The van der Waals surface area contributed by atoms with Crippen LogP contribution in [0.1, 0.15) is 19.4 Å². The number of hydrogen-bond donors (Lipinski definition) is 0. The number of nitro benzene ring substituents is 1. The molecule has 0 aliphatic carbocycles. The van der Waals surface area contributed by atoms with Crippen molar-refractivity contribution in [2.75, 3.05) is 18.1 Å². The molecule has 9 heteroatoms. The average molecular weight is 431 g/mol. The van der Waals surface area contributed by atoms with E-state index < -0.39 is 4.92 Å². The van der Waals surface area contributed by atoms with Crippen LogP contribution in [0.3, 0.4) is 0 Å². The van der Waals surface area contributed by atoms with Gasteiger partial charge in [-0.15, -0.1) is 0 Å². The van der Waals surface area contributed by atoms with Crippen LogP contribution in [0.25, 0.3) is 6.08 Å². The van der Waals surface area contributed by atoms with Crippen molar-refractivity contribution in [1.82, 2.24) is 0 Å². The van der Waals surface area contributed by atoms with Crippen LogP contribution in [0.4, 0.5) is 11.4 Å². The zero-order valence-corrected chi connectivity index (χ0v) is 17.4. The molecule has 0 radical (unpaired) electrons. The highest BCUT2D eigenvalue weighted by Gasteiger charge is 2.33. The minimum atomic E-state index is -0.490. The van der Waals surface area contributed by atoms with E-state index in [0.29, 0.717) is 39.6 Å². The summed E-state index contributed by atoms with van der Waals surface area (Å²) in [7, 11) is 0. The van der Waals surface area contributed by atoms with Crippen LogP contribution in [0.5, 0.6) is 11.5 Å². The molecular weight excluding hydrogens is 412 g/mol. The van der Waals surface area contributed by atoms with E-state index in [1.54, 1.807) is 12.1 Å². The molecule has 1 fully saturated rings. The summed E-state index contributed by atoms with van der Waals surface area (Å²) >= 11 is 6.53. The first kappa shape index (κ1) is 20.8. The van der Waals surface area contributed by atoms with Crippen molar-refractivity contribution in [1.29, 1.82) is 0 Å². The first-order valence-electron chi connectivity index (χ1n) is 8.86. The van der Waals surface area contributed by atoms with Gasteiger partial charge in [-0.25, -0.2) is 0 Å². The number of carbonyl (C=O) groups excluding carboxylic acids is 1. The predicted octanol–water partition coefficient (Wildman–Crippen LogP) is 4.80. The van der Waals surface area contributed by atoms with Gasteiger partial charge in [0.2, 0.25) is 0 Å². The zero-order valence-electron chi connectivity index (χ0n) is 15.8.